The van der Waals surface area contributed by atoms with E-state index in [2.05, 4.69) is 115 Å². The molecule has 1 aliphatic heterocycles. The van der Waals surface area contributed by atoms with Gasteiger partial charge in [0, 0.05) is 0 Å². The highest BCUT2D eigenvalue weighted by atomic mass is 28.3. The fraction of sp³-hybridized carbons (Fsp3) is 0.481. The van der Waals surface area contributed by atoms with Crippen molar-refractivity contribution in [2.45, 2.75) is 84.5 Å². The number of benzene rings is 2. The Bertz CT molecular complexity index is 836. The third-order valence-corrected chi connectivity index (χ3v) is 9.32. The van der Waals surface area contributed by atoms with Gasteiger partial charge in [-0.1, -0.05) is 86.1 Å². The summed E-state index contributed by atoms with van der Waals surface area (Å²) in [5.41, 5.74) is 0.363. The number of hydrogen-bond acceptors (Lipinski definition) is 3. The molecule has 0 aliphatic carbocycles. The van der Waals surface area contributed by atoms with Gasteiger partial charge in [0.1, 0.15) is 0 Å². The van der Waals surface area contributed by atoms with E-state index in [-0.39, 0.29) is 23.9 Å². The molecule has 1 aliphatic rings. The molecule has 3 rings (SSSR count). The molecule has 3 nitrogen and oxygen atoms in total. The lowest BCUT2D eigenvalue weighted by Gasteiger charge is -2.36. The highest BCUT2D eigenvalue weighted by molar-refractivity contribution is 6.80. The van der Waals surface area contributed by atoms with Gasteiger partial charge in [0.15, 0.2) is 0 Å². The first-order valence-electron chi connectivity index (χ1n) is 11.8. The molecule has 1 heterocycles. The molecule has 2 aromatic carbocycles. The quantitative estimate of drug-likeness (QED) is 0.484. The molecule has 5 heteroatoms. The molecule has 0 atom stereocenters. The Morgan fingerprint density at radius 2 is 1.31 bits per heavy atom. The minimum absolute atomic E-state index is 0.232. The summed E-state index contributed by atoms with van der Waals surface area (Å²) < 4.78 is 19.5. The van der Waals surface area contributed by atoms with Crippen molar-refractivity contribution < 1.29 is 13.7 Å². The van der Waals surface area contributed by atoms with Gasteiger partial charge in [-0.25, -0.2) is 0 Å². The van der Waals surface area contributed by atoms with Crippen LogP contribution in [0.25, 0.3) is 0 Å². The summed E-state index contributed by atoms with van der Waals surface area (Å²) >= 11 is 0. The fourth-order valence-electron chi connectivity index (χ4n) is 4.12. The fourth-order valence-corrected chi connectivity index (χ4v) is 6.47. The highest BCUT2D eigenvalue weighted by Crippen LogP contribution is 2.38. The van der Waals surface area contributed by atoms with E-state index in [9.17, 15) is 0 Å². The Kier molecular flexibility index (Phi) is 7.87. The second-order valence-corrected chi connectivity index (χ2v) is 11.9. The zero-order valence-electron chi connectivity index (χ0n) is 20.8. The van der Waals surface area contributed by atoms with E-state index < -0.39 is 9.04 Å². The van der Waals surface area contributed by atoms with Crippen LogP contribution in [0.4, 0.5) is 0 Å². The van der Waals surface area contributed by atoms with Gasteiger partial charge in [-0.3, -0.25) is 0 Å². The minimum atomic E-state index is -1.38. The van der Waals surface area contributed by atoms with Crippen LogP contribution in [0.15, 0.2) is 72.2 Å². The number of hydrogen-bond donors (Lipinski definition) is 0. The maximum absolute atomic E-state index is 7.11. The first-order valence-corrected chi connectivity index (χ1v) is 13.2. The van der Waals surface area contributed by atoms with Gasteiger partial charge in [-0.2, -0.15) is 0 Å². The summed E-state index contributed by atoms with van der Waals surface area (Å²) in [6.07, 6.45) is 2.76. The van der Waals surface area contributed by atoms with E-state index in [1.165, 1.54) is 15.9 Å². The smallest absolute Gasteiger partial charge is 0.401 e. The second-order valence-electron chi connectivity index (χ2n) is 9.87. The lowest BCUT2D eigenvalue weighted by atomic mass is 9.82. The van der Waals surface area contributed by atoms with Crippen LogP contribution in [-0.4, -0.2) is 33.0 Å². The van der Waals surface area contributed by atoms with Crippen molar-refractivity contribution in [3.63, 3.8) is 0 Å². The Morgan fingerprint density at radius 1 is 0.875 bits per heavy atom. The molecule has 0 N–H and O–H groups in total. The third kappa shape index (κ3) is 5.63. The summed E-state index contributed by atoms with van der Waals surface area (Å²) in [6.45, 7) is 15.0. The molecular weight excluding hydrogens is 411 g/mol. The van der Waals surface area contributed by atoms with Crippen LogP contribution in [0.5, 0.6) is 0 Å². The van der Waals surface area contributed by atoms with Crippen molar-refractivity contribution in [1.82, 2.24) is 0 Å². The lowest BCUT2D eigenvalue weighted by molar-refractivity contribution is 0.00578. The van der Waals surface area contributed by atoms with Gasteiger partial charge in [-0.15, -0.1) is 0 Å². The van der Waals surface area contributed by atoms with Crippen molar-refractivity contribution in [1.29, 1.82) is 0 Å². The molecule has 0 spiro atoms. The van der Waals surface area contributed by atoms with Crippen LogP contribution in [0, 0.1) is 0 Å². The molecule has 0 saturated carbocycles. The Morgan fingerprint density at radius 3 is 1.72 bits per heavy atom. The van der Waals surface area contributed by atoms with Crippen LogP contribution in [0.3, 0.4) is 0 Å². The van der Waals surface area contributed by atoms with E-state index in [1.807, 2.05) is 0 Å². The SMILES string of the molecule is CCC(CC)(C/C(C)=C/B1OC(C)(C)C(C)(C)O1)O[Si](c1ccccc1)c1ccccc1. The molecule has 0 amide bonds. The van der Waals surface area contributed by atoms with Crippen LogP contribution >= 0.6 is 0 Å². The predicted molar refractivity (Wildman–Crippen MR) is 137 cm³/mol. The Labute approximate surface area is 197 Å². The van der Waals surface area contributed by atoms with Crippen LogP contribution in [-0.2, 0) is 13.7 Å². The van der Waals surface area contributed by atoms with E-state index >= 15 is 0 Å². The average molecular weight is 449 g/mol. The van der Waals surface area contributed by atoms with Gasteiger partial charge in [0.2, 0.25) is 0 Å². The van der Waals surface area contributed by atoms with Crippen LogP contribution < -0.4 is 10.4 Å². The minimum Gasteiger partial charge on any atom is -0.401 e. The monoisotopic (exact) mass is 449 g/mol. The van der Waals surface area contributed by atoms with Crippen molar-refractivity contribution in [2.75, 3.05) is 0 Å². The molecule has 1 saturated heterocycles. The summed E-state index contributed by atoms with van der Waals surface area (Å²) in [7, 11) is -1.70. The highest BCUT2D eigenvalue weighted by Gasteiger charge is 2.50. The van der Waals surface area contributed by atoms with Crippen molar-refractivity contribution in [3.05, 3.63) is 72.2 Å². The molecule has 0 unspecified atom stereocenters. The van der Waals surface area contributed by atoms with Gasteiger partial charge in [0.25, 0.3) is 9.04 Å². The van der Waals surface area contributed by atoms with E-state index in [0.29, 0.717) is 0 Å². The van der Waals surface area contributed by atoms with E-state index in [0.717, 1.165) is 19.3 Å². The van der Waals surface area contributed by atoms with E-state index in [1.54, 1.807) is 0 Å². The maximum atomic E-state index is 7.11. The molecule has 0 aromatic heterocycles. The first kappa shape index (κ1) is 25.0. The summed E-state index contributed by atoms with van der Waals surface area (Å²) in [5, 5.41) is 2.56. The van der Waals surface area contributed by atoms with Crippen LogP contribution in [0.1, 0.15) is 67.7 Å². The topological polar surface area (TPSA) is 27.7 Å². The summed E-state index contributed by atoms with van der Waals surface area (Å²) in [6, 6.07) is 21.4. The Balaban J connectivity index is 1.85. The molecular formula is C27H38BO3Si. The van der Waals surface area contributed by atoms with Crippen molar-refractivity contribution >= 4 is 26.5 Å². The zero-order valence-corrected chi connectivity index (χ0v) is 21.8. The molecule has 0 bridgehead atoms. The van der Waals surface area contributed by atoms with Gasteiger partial charge in [0.05, 0.1) is 16.8 Å². The standard InChI is InChI=1S/C27H38BO3Si/c1-8-27(9-2,20-22(3)21-28-29-25(4,5)26(6,7)30-28)31-32(23-16-12-10-13-17-23)24-18-14-11-15-19-24/h10-19,21H,8-9,20H2,1-7H3/b22-21+. The molecule has 1 radical (unpaired) electrons. The number of rotatable bonds is 9. The summed E-state index contributed by atoms with van der Waals surface area (Å²) in [5.74, 6) is 2.14. The van der Waals surface area contributed by atoms with Crippen molar-refractivity contribution in [3.8, 4) is 0 Å². The normalized spacial score (nSPS) is 18.4. The third-order valence-electron chi connectivity index (χ3n) is 6.97. The van der Waals surface area contributed by atoms with Gasteiger partial charge in [-0.05, 0) is 64.3 Å². The van der Waals surface area contributed by atoms with E-state index in [4.69, 9.17) is 13.7 Å². The molecule has 1 fully saturated rings. The van der Waals surface area contributed by atoms with Gasteiger partial charge >= 0.3 is 7.12 Å². The summed E-state index contributed by atoms with van der Waals surface area (Å²) in [4.78, 5) is 0. The van der Waals surface area contributed by atoms with Gasteiger partial charge < -0.3 is 13.7 Å². The largest absolute Gasteiger partial charge is 0.487 e. The average Bonchev–Trinajstić information content (AvgIpc) is 2.97. The Hall–Kier alpha value is -1.66. The van der Waals surface area contributed by atoms with Crippen LogP contribution in [0.2, 0.25) is 0 Å². The molecule has 32 heavy (non-hydrogen) atoms. The molecule has 171 valence electrons. The lowest BCUT2D eigenvalue weighted by Crippen LogP contribution is -2.51. The zero-order chi connectivity index (χ0) is 23.4. The predicted octanol–water partition coefficient (Wildman–Crippen LogP) is 5.34. The maximum Gasteiger partial charge on any atom is 0.487 e. The first-order chi connectivity index (χ1) is 15.1. The van der Waals surface area contributed by atoms with Crippen molar-refractivity contribution in [2.24, 2.45) is 0 Å². The molecule has 2 aromatic rings. The second kappa shape index (κ2) is 10.1.